The SMILES string of the molecule is Nc1cnc(N2CCC(F)CC2)cn1. The maximum absolute atomic E-state index is 12.9. The van der Waals surface area contributed by atoms with E-state index < -0.39 is 6.17 Å². The Morgan fingerprint density at radius 3 is 2.57 bits per heavy atom. The average molecular weight is 196 g/mol. The van der Waals surface area contributed by atoms with Gasteiger partial charge in [-0.1, -0.05) is 0 Å². The Bertz CT molecular complexity index is 292. The molecule has 0 radical (unpaired) electrons. The van der Waals surface area contributed by atoms with E-state index in [1.165, 1.54) is 6.20 Å². The summed E-state index contributed by atoms with van der Waals surface area (Å²) in [6, 6.07) is 0. The van der Waals surface area contributed by atoms with E-state index in [1.807, 2.05) is 4.90 Å². The first-order valence-corrected chi connectivity index (χ1v) is 4.72. The normalized spacial score (nSPS) is 18.5. The number of hydrogen-bond donors (Lipinski definition) is 1. The Kier molecular flexibility index (Phi) is 2.47. The van der Waals surface area contributed by atoms with Crippen LogP contribution in [-0.2, 0) is 0 Å². The van der Waals surface area contributed by atoms with Crippen LogP contribution >= 0.6 is 0 Å². The molecule has 1 aromatic heterocycles. The second-order valence-electron chi connectivity index (χ2n) is 3.46. The lowest BCUT2D eigenvalue weighted by atomic mass is 10.1. The molecular formula is C9H13FN4. The number of hydrogen-bond acceptors (Lipinski definition) is 4. The Balaban J connectivity index is 2.05. The summed E-state index contributed by atoms with van der Waals surface area (Å²) >= 11 is 0. The van der Waals surface area contributed by atoms with Crippen molar-refractivity contribution in [3.8, 4) is 0 Å². The maximum atomic E-state index is 12.9. The smallest absolute Gasteiger partial charge is 0.147 e. The Hall–Kier alpha value is -1.39. The molecule has 1 saturated heterocycles. The fourth-order valence-electron chi connectivity index (χ4n) is 1.57. The first-order chi connectivity index (χ1) is 6.75. The van der Waals surface area contributed by atoms with Gasteiger partial charge in [0.25, 0.3) is 0 Å². The molecule has 2 rings (SSSR count). The zero-order valence-corrected chi connectivity index (χ0v) is 7.86. The molecule has 1 fully saturated rings. The molecule has 4 nitrogen and oxygen atoms in total. The number of nitrogen functional groups attached to an aromatic ring is 1. The van der Waals surface area contributed by atoms with E-state index in [-0.39, 0.29) is 0 Å². The molecule has 0 aromatic carbocycles. The molecule has 0 amide bonds. The Morgan fingerprint density at radius 1 is 1.29 bits per heavy atom. The van der Waals surface area contributed by atoms with Gasteiger partial charge in [-0.3, -0.25) is 0 Å². The van der Waals surface area contributed by atoms with Crippen LogP contribution in [0.3, 0.4) is 0 Å². The third-order valence-electron chi connectivity index (χ3n) is 2.41. The zero-order valence-electron chi connectivity index (χ0n) is 7.86. The van der Waals surface area contributed by atoms with Crippen LogP contribution < -0.4 is 10.6 Å². The molecule has 2 heterocycles. The van der Waals surface area contributed by atoms with Crippen LogP contribution in [-0.4, -0.2) is 29.2 Å². The van der Waals surface area contributed by atoms with Crippen molar-refractivity contribution in [3.05, 3.63) is 12.4 Å². The standard InChI is InChI=1S/C9H13FN4/c10-7-1-3-14(4-2-7)9-6-12-8(11)5-13-9/h5-7H,1-4H2,(H2,11,12). The van der Waals surface area contributed by atoms with Crippen LogP contribution in [0.25, 0.3) is 0 Å². The van der Waals surface area contributed by atoms with Gasteiger partial charge in [-0.05, 0) is 12.8 Å². The molecule has 0 unspecified atom stereocenters. The largest absolute Gasteiger partial charge is 0.382 e. The molecular weight excluding hydrogens is 183 g/mol. The van der Waals surface area contributed by atoms with Crippen molar-refractivity contribution in [1.29, 1.82) is 0 Å². The minimum atomic E-state index is -0.659. The minimum absolute atomic E-state index is 0.411. The average Bonchev–Trinajstić information content (AvgIpc) is 2.21. The Morgan fingerprint density at radius 2 is 2.00 bits per heavy atom. The van der Waals surface area contributed by atoms with Crippen molar-refractivity contribution in [2.24, 2.45) is 0 Å². The van der Waals surface area contributed by atoms with Crippen LogP contribution in [0.2, 0.25) is 0 Å². The van der Waals surface area contributed by atoms with Gasteiger partial charge in [0.15, 0.2) is 0 Å². The van der Waals surface area contributed by atoms with Gasteiger partial charge in [-0.25, -0.2) is 14.4 Å². The van der Waals surface area contributed by atoms with Gasteiger partial charge < -0.3 is 10.6 Å². The van der Waals surface area contributed by atoms with Crippen molar-refractivity contribution in [2.75, 3.05) is 23.7 Å². The first-order valence-electron chi connectivity index (χ1n) is 4.72. The first kappa shape index (κ1) is 9.18. The number of alkyl halides is 1. The van der Waals surface area contributed by atoms with Crippen molar-refractivity contribution in [1.82, 2.24) is 9.97 Å². The van der Waals surface area contributed by atoms with E-state index in [0.717, 1.165) is 5.82 Å². The lowest BCUT2D eigenvalue weighted by molar-refractivity contribution is 0.276. The molecule has 0 spiro atoms. The number of aromatic nitrogens is 2. The molecule has 0 bridgehead atoms. The van der Waals surface area contributed by atoms with E-state index in [9.17, 15) is 4.39 Å². The van der Waals surface area contributed by atoms with Gasteiger partial charge in [-0.15, -0.1) is 0 Å². The summed E-state index contributed by atoms with van der Waals surface area (Å²) < 4.78 is 12.9. The van der Waals surface area contributed by atoms with Crippen LogP contribution in [0.4, 0.5) is 16.0 Å². The van der Waals surface area contributed by atoms with Crippen LogP contribution in [0.15, 0.2) is 12.4 Å². The summed E-state index contributed by atoms with van der Waals surface area (Å²) in [7, 11) is 0. The number of halogens is 1. The van der Waals surface area contributed by atoms with Gasteiger partial charge in [0, 0.05) is 13.1 Å². The molecule has 1 aliphatic rings. The predicted molar refractivity (Wildman–Crippen MR) is 52.8 cm³/mol. The van der Waals surface area contributed by atoms with Crippen LogP contribution in [0.1, 0.15) is 12.8 Å². The molecule has 5 heteroatoms. The highest BCUT2D eigenvalue weighted by molar-refractivity contribution is 5.39. The van der Waals surface area contributed by atoms with E-state index in [4.69, 9.17) is 5.73 Å². The number of nitrogens with zero attached hydrogens (tertiary/aromatic N) is 3. The van der Waals surface area contributed by atoms with Crippen LogP contribution in [0.5, 0.6) is 0 Å². The summed E-state index contributed by atoms with van der Waals surface area (Å²) in [4.78, 5) is 10.1. The van der Waals surface area contributed by atoms with Gasteiger partial charge in [0.1, 0.15) is 17.8 Å². The molecule has 0 atom stereocenters. The molecule has 2 N–H and O–H groups in total. The summed E-state index contributed by atoms with van der Waals surface area (Å²) in [5.41, 5.74) is 5.43. The summed E-state index contributed by atoms with van der Waals surface area (Å²) in [6.07, 6.45) is 3.65. The fraction of sp³-hybridized carbons (Fsp3) is 0.556. The molecule has 14 heavy (non-hydrogen) atoms. The number of rotatable bonds is 1. The number of piperidine rings is 1. The molecule has 0 saturated carbocycles. The summed E-state index contributed by atoms with van der Waals surface area (Å²) in [5, 5.41) is 0. The lowest BCUT2D eigenvalue weighted by Crippen LogP contribution is -2.34. The second kappa shape index (κ2) is 3.77. The highest BCUT2D eigenvalue weighted by Crippen LogP contribution is 2.18. The number of nitrogens with two attached hydrogens (primary N) is 1. The van der Waals surface area contributed by atoms with E-state index in [2.05, 4.69) is 9.97 Å². The maximum Gasteiger partial charge on any atom is 0.147 e. The molecule has 76 valence electrons. The van der Waals surface area contributed by atoms with E-state index >= 15 is 0 Å². The second-order valence-corrected chi connectivity index (χ2v) is 3.46. The topological polar surface area (TPSA) is 55.0 Å². The number of anilines is 2. The lowest BCUT2D eigenvalue weighted by Gasteiger charge is -2.29. The zero-order chi connectivity index (χ0) is 9.97. The highest BCUT2D eigenvalue weighted by Gasteiger charge is 2.19. The van der Waals surface area contributed by atoms with Crippen molar-refractivity contribution >= 4 is 11.6 Å². The van der Waals surface area contributed by atoms with Gasteiger partial charge in [0.2, 0.25) is 0 Å². The monoisotopic (exact) mass is 196 g/mol. The molecule has 1 aromatic rings. The van der Waals surface area contributed by atoms with Gasteiger partial charge >= 0.3 is 0 Å². The summed E-state index contributed by atoms with van der Waals surface area (Å²) in [6.45, 7) is 1.42. The van der Waals surface area contributed by atoms with Crippen molar-refractivity contribution < 1.29 is 4.39 Å². The predicted octanol–water partition coefficient (Wildman–Crippen LogP) is 0.997. The molecule has 1 aliphatic heterocycles. The van der Waals surface area contributed by atoms with E-state index in [1.54, 1.807) is 6.20 Å². The van der Waals surface area contributed by atoms with Crippen molar-refractivity contribution in [3.63, 3.8) is 0 Å². The van der Waals surface area contributed by atoms with Crippen molar-refractivity contribution in [2.45, 2.75) is 19.0 Å². The van der Waals surface area contributed by atoms with Crippen LogP contribution in [0, 0.1) is 0 Å². The van der Waals surface area contributed by atoms with E-state index in [0.29, 0.717) is 31.7 Å². The van der Waals surface area contributed by atoms with Gasteiger partial charge in [0.05, 0.1) is 12.4 Å². The quantitative estimate of drug-likeness (QED) is 0.728. The molecule has 0 aliphatic carbocycles. The third kappa shape index (κ3) is 1.92. The Labute approximate surface area is 82.0 Å². The minimum Gasteiger partial charge on any atom is -0.382 e. The third-order valence-corrected chi connectivity index (χ3v) is 2.41. The summed E-state index contributed by atoms with van der Waals surface area (Å²) in [5.74, 6) is 1.19. The highest BCUT2D eigenvalue weighted by atomic mass is 19.1. The van der Waals surface area contributed by atoms with Gasteiger partial charge in [-0.2, -0.15) is 0 Å². The fourth-order valence-corrected chi connectivity index (χ4v) is 1.57.